The second kappa shape index (κ2) is 10.0. The highest BCUT2D eigenvalue weighted by Crippen LogP contribution is 2.36. The maximum Gasteiger partial charge on any atom is 0.416 e. The van der Waals surface area contributed by atoms with E-state index in [2.05, 4.69) is 0 Å². The van der Waals surface area contributed by atoms with Gasteiger partial charge in [0.05, 0.1) is 16.3 Å². The Kier molecular flexibility index (Phi) is 7.05. The highest BCUT2D eigenvalue weighted by Gasteiger charge is 2.39. The molecule has 0 atom stereocenters. The summed E-state index contributed by atoms with van der Waals surface area (Å²) in [6, 6.07) is 14.5. The van der Waals surface area contributed by atoms with Gasteiger partial charge in [-0.25, -0.2) is 9.69 Å². The lowest BCUT2D eigenvalue weighted by molar-refractivity contribution is -0.137. The quantitative estimate of drug-likeness (QED) is 0.309. The van der Waals surface area contributed by atoms with Gasteiger partial charge in [0.2, 0.25) is 0 Å². The molecule has 1 fully saturated rings. The van der Waals surface area contributed by atoms with Crippen molar-refractivity contribution >= 4 is 52.8 Å². The fourth-order valence-corrected chi connectivity index (χ4v) is 3.81. The number of imide groups is 2. The number of urea groups is 1. The van der Waals surface area contributed by atoms with Gasteiger partial charge in [-0.2, -0.15) is 13.2 Å². The summed E-state index contributed by atoms with van der Waals surface area (Å²) in [4.78, 5) is 38.3. The lowest BCUT2D eigenvalue weighted by Crippen LogP contribution is -2.54. The first-order valence-electron chi connectivity index (χ1n) is 10.3. The molecule has 0 spiro atoms. The Hall–Kier alpha value is -3.82. The second-order valence-corrected chi connectivity index (χ2v) is 8.46. The molecule has 1 aliphatic rings. The van der Waals surface area contributed by atoms with Crippen molar-refractivity contribution in [2.45, 2.75) is 12.8 Å². The number of ether oxygens (including phenoxy) is 1. The average Bonchev–Trinajstić information content (AvgIpc) is 2.81. The summed E-state index contributed by atoms with van der Waals surface area (Å²) in [5.41, 5.74) is -0.905. The molecule has 0 radical (unpaired) electrons. The van der Waals surface area contributed by atoms with Crippen LogP contribution in [0.5, 0.6) is 5.75 Å². The topological polar surface area (TPSA) is 75.7 Å². The second-order valence-electron chi connectivity index (χ2n) is 7.61. The molecule has 0 unspecified atom stereocenters. The van der Waals surface area contributed by atoms with E-state index in [9.17, 15) is 27.6 Å². The fraction of sp³-hybridized carbons (Fsp3) is 0.0800. The van der Waals surface area contributed by atoms with Crippen LogP contribution < -0.4 is 15.0 Å². The van der Waals surface area contributed by atoms with E-state index >= 15 is 0 Å². The van der Waals surface area contributed by atoms with Crippen molar-refractivity contribution in [1.29, 1.82) is 0 Å². The van der Waals surface area contributed by atoms with Crippen LogP contribution >= 0.6 is 23.2 Å². The molecule has 1 aliphatic heterocycles. The number of rotatable bonds is 5. The molecule has 6 nitrogen and oxygen atoms in total. The van der Waals surface area contributed by atoms with E-state index in [1.54, 1.807) is 42.5 Å². The third kappa shape index (κ3) is 5.53. The number of nitrogens with one attached hydrogen (secondary N) is 1. The maximum atomic E-state index is 13.2. The van der Waals surface area contributed by atoms with Gasteiger partial charge in [0, 0.05) is 5.02 Å². The van der Waals surface area contributed by atoms with Gasteiger partial charge in [0.15, 0.2) is 0 Å². The monoisotopic (exact) mass is 534 g/mol. The molecule has 3 aromatic rings. The summed E-state index contributed by atoms with van der Waals surface area (Å²) in [7, 11) is 0. The van der Waals surface area contributed by atoms with Crippen LogP contribution in [0.25, 0.3) is 6.08 Å². The average molecular weight is 535 g/mol. The fourth-order valence-electron chi connectivity index (χ4n) is 3.39. The Balaban J connectivity index is 1.62. The molecule has 4 rings (SSSR count). The molecule has 0 aliphatic carbocycles. The summed E-state index contributed by atoms with van der Waals surface area (Å²) in [6.45, 7) is 0.205. The molecule has 1 heterocycles. The van der Waals surface area contributed by atoms with Gasteiger partial charge in [-0.05, 0) is 59.7 Å². The van der Waals surface area contributed by atoms with E-state index < -0.39 is 40.8 Å². The Labute approximate surface area is 212 Å². The predicted molar refractivity (Wildman–Crippen MR) is 128 cm³/mol. The molecule has 1 saturated heterocycles. The Bertz CT molecular complexity index is 1410. The molecule has 0 bridgehead atoms. The zero-order valence-electron chi connectivity index (χ0n) is 18.1. The van der Waals surface area contributed by atoms with Gasteiger partial charge in [0.25, 0.3) is 11.8 Å². The van der Waals surface area contributed by atoms with Crippen LogP contribution in [0.3, 0.4) is 0 Å². The summed E-state index contributed by atoms with van der Waals surface area (Å²) in [6.07, 6.45) is -3.54. The third-order valence-electron chi connectivity index (χ3n) is 5.08. The van der Waals surface area contributed by atoms with E-state index in [0.29, 0.717) is 27.3 Å². The van der Waals surface area contributed by atoms with E-state index in [1.807, 2.05) is 11.4 Å². The number of hydrogen-bond donors (Lipinski definition) is 1. The van der Waals surface area contributed by atoms with Crippen LogP contribution in [0, 0.1) is 0 Å². The molecule has 36 heavy (non-hydrogen) atoms. The van der Waals surface area contributed by atoms with Crippen molar-refractivity contribution in [3.8, 4) is 5.75 Å². The number of anilines is 1. The van der Waals surface area contributed by atoms with Crippen LogP contribution in [-0.4, -0.2) is 17.8 Å². The minimum Gasteiger partial charge on any atom is -0.489 e. The molecule has 0 aromatic heterocycles. The van der Waals surface area contributed by atoms with Crippen molar-refractivity contribution in [2.24, 2.45) is 0 Å². The van der Waals surface area contributed by atoms with E-state index in [4.69, 9.17) is 27.9 Å². The molecule has 4 amide bonds. The molecular weight excluding hydrogens is 520 g/mol. The largest absolute Gasteiger partial charge is 0.489 e. The molecule has 1 N–H and O–H groups in total. The lowest BCUT2D eigenvalue weighted by Gasteiger charge is -2.27. The molecular formula is C25H15Cl2F3N2O4. The van der Waals surface area contributed by atoms with Crippen LogP contribution in [0.4, 0.5) is 23.7 Å². The highest BCUT2D eigenvalue weighted by atomic mass is 35.5. The van der Waals surface area contributed by atoms with Crippen molar-refractivity contribution in [3.63, 3.8) is 0 Å². The number of alkyl halides is 3. The third-order valence-corrected chi connectivity index (χ3v) is 5.63. The van der Waals surface area contributed by atoms with Gasteiger partial charge in [-0.3, -0.25) is 14.9 Å². The standard InChI is InChI=1S/C25H15Cl2F3N2O4/c26-17-5-1-4-15(9-17)13-36-18-6-2-3-14(10-18)11-19-22(33)31-24(35)32(23(19)34)21-12-16(25(28,29)30)7-8-20(21)27/h1-12H,13H2,(H,31,33,35)/b19-11+. The number of barbiturate groups is 1. The number of benzene rings is 3. The normalized spacial score (nSPS) is 15.3. The predicted octanol–water partition coefficient (Wildman–Crippen LogP) is 6.26. The number of amides is 4. The van der Waals surface area contributed by atoms with Crippen molar-refractivity contribution in [2.75, 3.05) is 4.90 Å². The highest BCUT2D eigenvalue weighted by molar-refractivity contribution is 6.42. The van der Waals surface area contributed by atoms with E-state index in [0.717, 1.165) is 17.7 Å². The van der Waals surface area contributed by atoms with Crippen LogP contribution in [0.1, 0.15) is 16.7 Å². The van der Waals surface area contributed by atoms with Crippen LogP contribution in [0.15, 0.2) is 72.3 Å². The number of nitrogens with zero attached hydrogens (tertiary/aromatic N) is 1. The number of carbonyl (C=O) groups is 3. The zero-order chi connectivity index (χ0) is 26.0. The Morgan fingerprint density at radius 1 is 0.944 bits per heavy atom. The summed E-state index contributed by atoms with van der Waals surface area (Å²) < 4.78 is 45.3. The van der Waals surface area contributed by atoms with E-state index in [1.165, 1.54) is 6.08 Å². The van der Waals surface area contributed by atoms with Gasteiger partial charge < -0.3 is 4.74 Å². The van der Waals surface area contributed by atoms with Crippen molar-refractivity contribution in [3.05, 3.63) is 99.0 Å². The Morgan fingerprint density at radius 3 is 2.42 bits per heavy atom. The van der Waals surface area contributed by atoms with Gasteiger partial charge >= 0.3 is 12.2 Å². The summed E-state index contributed by atoms with van der Waals surface area (Å²) in [5.74, 6) is -1.72. The number of carbonyl (C=O) groups excluding carboxylic acids is 3. The molecule has 11 heteroatoms. The summed E-state index contributed by atoms with van der Waals surface area (Å²) >= 11 is 12.0. The maximum absolute atomic E-state index is 13.2. The first-order valence-corrected chi connectivity index (χ1v) is 11.0. The minimum absolute atomic E-state index is 0.205. The van der Waals surface area contributed by atoms with Crippen molar-refractivity contribution in [1.82, 2.24) is 5.32 Å². The van der Waals surface area contributed by atoms with Crippen LogP contribution in [0.2, 0.25) is 10.0 Å². The van der Waals surface area contributed by atoms with Crippen LogP contribution in [-0.2, 0) is 22.4 Å². The molecule has 0 saturated carbocycles. The van der Waals surface area contributed by atoms with Gasteiger partial charge in [0.1, 0.15) is 17.9 Å². The first-order chi connectivity index (χ1) is 17.0. The number of hydrogen-bond acceptors (Lipinski definition) is 4. The first kappa shape index (κ1) is 25.3. The van der Waals surface area contributed by atoms with Crippen molar-refractivity contribution < 1.29 is 32.3 Å². The zero-order valence-corrected chi connectivity index (χ0v) is 19.6. The Morgan fingerprint density at radius 2 is 1.69 bits per heavy atom. The minimum atomic E-state index is -4.74. The van der Waals surface area contributed by atoms with Gasteiger partial charge in [-0.1, -0.05) is 47.5 Å². The number of halogens is 5. The summed E-state index contributed by atoms with van der Waals surface area (Å²) in [5, 5.41) is 2.23. The smallest absolute Gasteiger partial charge is 0.416 e. The SMILES string of the molecule is O=C1NC(=O)N(c2cc(C(F)(F)F)ccc2Cl)C(=O)/C1=C/c1cccc(OCc2cccc(Cl)c2)c1. The van der Waals surface area contributed by atoms with E-state index in [-0.39, 0.29) is 11.6 Å². The molecule has 184 valence electrons. The van der Waals surface area contributed by atoms with Gasteiger partial charge in [-0.15, -0.1) is 0 Å². The molecule has 3 aromatic carbocycles. The lowest BCUT2D eigenvalue weighted by atomic mass is 10.1.